The van der Waals surface area contributed by atoms with Crippen molar-refractivity contribution in [2.45, 2.75) is 24.5 Å². The van der Waals surface area contributed by atoms with Crippen LogP contribution in [0.2, 0.25) is 0 Å². The summed E-state index contributed by atoms with van der Waals surface area (Å²) in [6.07, 6.45) is -2.31. The quantitative estimate of drug-likeness (QED) is 0.355. The summed E-state index contributed by atoms with van der Waals surface area (Å²) in [6, 6.07) is 0. The first-order valence-electron chi connectivity index (χ1n) is 6.68. The van der Waals surface area contributed by atoms with Crippen molar-refractivity contribution in [1.29, 1.82) is 0 Å². The Kier molecular flexibility index (Phi) is 3.24. The summed E-state index contributed by atoms with van der Waals surface area (Å²) < 4.78 is 17.4. The number of nitrogens with zero attached hydrogens (tertiary/aromatic N) is 4. The number of hydrogen-bond acceptors (Lipinski definition) is 10. The van der Waals surface area contributed by atoms with E-state index in [1.54, 1.807) is 0 Å². The summed E-state index contributed by atoms with van der Waals surface area (Å²) in [4.78, 5) is 21.7. The van der Waals surface area contributed by atoms with Crippen LogP contribution in [-0.4, -0.2) is 62.0 Å². The zero-order valence-electron chi connectivity index (χ0n) is 11.7. The molecule has 2 aliphatic rings. The van der Waals surface area contributed by atoms with Crippen molar-refractivity contribution in [3.63, 3.8) is 0 Å². The third-order valence-electron chi connectivity index (χ3n) is 3.79. The molecule has 2 aliphatic heterocycles. The van der Waals surface area contributed by atoms with Gasteiger partial charge in [0, 0.05) is 0 Å². The third-order valence-corrected chi connectivity index (χ3v) is 4.86. The minimum absolute atomic E-state index is 0.0112. The molecule has 2 aromatic heterocycles. The molecule has 2 fully saturated rings. The van der Waals surface area contributed by atoms with Gasteiger partial charge in [-0.1, -0.05) is 0 Å². The number of aliphatic hydroxyl groups excluding tert-OH is 1. The molecule has 11 nitrogen and oxygen atoms in total. The number of rotatable bonds is 1. The van der Waals surface area contributed by atoms with Crippen molar-refractivity contribution in [3.8, 4) is 0 Å². The monoisotopic (exact) mass is 339 g/mol. The van der Waals surface area contributed by atoms with E-state index in [-0.39, 0.29) is 18.4 Å². The molecule has 0 aromatic carbocycles. The van der Waals surface area contributed by atoms with Gasteiger partial charge >= 0.3 is 15.4 Å². The molecule has 4 heterocycles. The molecule has 2 saturated heterocycles. The van der Waals surface area contributed by atoms with Gasteiger partial charge in [0.15, 0.2) is 29.3 Å². The highest BCUT2D eigenvalue weighted by molar-refractivity contribution is 7.85. The van der Waals surface area contributed by atoms with Crippen molar-refractivity contribution in [2.24, 2.45) is 0 Å². The Hall–Kier alpha value is -1.56. The Bertz CT molecular complexity index is 774. The van der Waals surface area contributed by atoms with Crippen LogP contribution in [0.4, 0.5) is 11.8 Å². The van der Waals surface area contributed by atoms with Gasteiger partial charge in [-0.25, -0.2) is 19.8 Å². The highest BCUT2D eigenvalue weighted by atomic mass is 31.2. The first-order chi connectivity index (χ1) is 10.9. The minimum Gasteiger partial charge on any atom is -0.385 e. The number of fused-ring (bicyclic) bond motifs is 2. The maximum Gasteiger partial charge on any atom is 0.488 e. The lowest BCUT2D eigenvalue weighted by Gasteiger charge is -2.27. The van der Waals surface area contributed by atoms with E-state index >= 15 is 0 Å². The predicted molar refractivity (Wildman–Crippen MR) is 79.8 cm³/mol. The lowest BCUT2D eigenvalue weighted by atomic mass is 10.1. The van der Waals surface area contributed by atoms with E-state index in [0.29, 0.717) is 11.2 Å². The van der Waals surface area contributed by atoms with Crippen LogP contribution in [0, 0.1) is 0 Å². The van der Waals surface area contributed by atoms with E-state index in [9.17, 15) is 10.00 Å². The standard InChI is InChI=1S/C10H13BN6O5P/c11-23(19)20-1-3-6(22-23)5(18)9(21-3)17-8-4(16-10(17)13)7(12)14-2-15-8/h2-3,5-6,9,18-19H,1H2,(H2,13,16)(H2,12,14,15)/q+1/t3-,5-,6-,9-,23?/m1/s1. The number of anilines is 2. The molecule has 2 radical (unpaired) electrons. The van der Waals surface area contributed by atoms with Crippen LogP contribution >= 0.6 is 7.82 Å². The molecule has 13 heteroatoms. The summed E-state index contributed by atoms with van der Waals surface area (Å²) in [6.45, 7) is -0.0112. The molecule has 6 N–H and O–H groups in total. The molecule has 0 aliphatic carbocycles. The van der Waals surface area contributed by atoms with E-state index in [1.807, 2.05) is 0 Å². The van der Waals surface area contributed by atoms with Gasteiger partial charge in [-0.2, -0.15) is 9.05 Å². The van der Waals surface area contributed by atoms with Crippen molar-refractivity contribution in [2.75, 3.05) is 18.1 Å². The second kappa shape index (κ2) is 4.97. The van der Waals surface area contributed by atoms with Gasteiger partial charge < -0.3 is 21.3 Å². The van der Waals surface area contributed by atoms with Crippen LogP contribution in [0.3, 0.4) is 0 Å². The first kappa shape index (κ1) is 15.0. The SMILES string of the molecule is [B][P+]1(O)OC[C@H]2O[C@@H](n3c(N)nc4c(N)ncnc43)[C@H](O)[C@@H]2O1. The van der Waals surface area contributed by atoms with Gasteiger partial charge in [-0.05, 0) is 0 Å². The molecule has 0 amide bonds. The molecule has 1 unspecified atom stereocenters. The number of nitrogens with two attached hydrogens (primary N) is 2. The van der Waals surface area contributed by atoms with Gasteiger partial charge in [0.2, 0.25) is 5.95 Å². The predicted octanol–water partition coefficient (Wildman–Crippen LogP) is -1.50. The molecule has 5 atom stereocenters. The van der Waals surface area contributed by atoms with Crippen LogP contribution in [-0.2, 0) is 13.8 Å². The summed E-state index contributed by atoms with van der Waals surface area (Å²) in [5.41, 5.74) is 12.3. The van der Waals surface area contributed by atoms with Crippen LogP contribution < -0.4 is 11.5 Å². The second-order valence-corrected chi connectivity index (χ2v) is 6.85. The van der Waals surface area contributed by atoms with Crippen molar-refractivity contribution in [1.82, 2.24) is 19.5 Å². The average Bonchev–Trinajstić information content (AvgIpc) is 2.97. The Morgan fingerprint density at radius 3 is 2.96 bits per heavy atom. The Balaban J connectivity index is 1.75. The molecular weight excluding hydrogens is 326 g/mol. The molecule has 23 heavy (non-hydrogen) atoms. The average molecular weight is 339 g/mol. The smallest absolute Gasteiger partial charge is 0.385 e. The van der Waals surface area contributed by atoms with Crippen LogP contribution in [0.25, 0.3) is 11.2 Å². The van der Waals surface area contributed by atoms with Gasteiger partial charge in [0.05, 0.1) is 0 Å². The van der Waals surface area contributed by atoms with Crippen molar-refractivity contribution >= 4 is 38.3 Å². The van der Waals surface area contributed by atoms with Gasteiger partial charge in [0.1, 0.15) is 25.1 Å². The van der Waals surface area contributed by atoms with Crippen LogP contribution in [0.15, 0.2) is 6.33 Å². The Morgan fingerprint density at radius 2 is 2.17 bits per heavy atom. The maximum atomic E-state index is 10.5. The second-order valence-electron chi connectivity index (χ2n) is 5.26. The third kappa shape index (κ3) is 2.26. The van der Waals surface area contributed by atoms with E-state index in [4.69, 9.17) is 32.8 Å². The summed E-state index contributed by atoms with van der Waals surface area (Å²) in [5, 5.41) is 10.5. The largest absolute Gasteiger partial charge is 0.488 e. The molecule has 2 aromatic rings. The highest BCUT2D eigenvalue weighted by Crippen LogP contribution is 2.58. The zero-order valence-corrected chi connectivity index (χ0v) is 12.6. The molecule has 0 spiro atoms. The maximum absolute atomic E-state index is 10.5. The van der Waals surface area contributed by atoms with Gasteiger partial charge in [0.25, 0.3) is 0 Å². The van der Waals surface area contributed by atoms with E-state index in [0.717, 1.165) is 0 Å². The van der Waals surface area contributed by atoms with E-state index in [1.165, 1.54) is 10.9 Å². The Labute approximate surface area is 131 Å². The Morgan fingerprint density at radius 1 is 1.39 bits per heavy atom. The topological polar surface area (TPSA) is 164 Å². The summed E-state index contributed by atoms with van der Waals surface area (Å²) in [7, 11) is 2.02. The molecule has 0 bridgehead atoms. The van der Waals surface area contributed by atoms with E-state index < -0.39 is 32.4 Å². The number of aromatic nitrogens is 4. The normalized spacial score (nSPS) is 37.1. The molecular formula is C10H13BN6O5P+. The fraction of sp³-hybridized carbons (Fsp3) is 0.500. The van der Waals surface area contributed by atoms with Crippen molar-refractivity contribution < 1.29 is 23.8 Å². The zero-order chi connectivity index (χ0) is 16.4. The summed E-state index contributed by atoms with van der Waals surface area (Å²) >= 11 is 0. The lowest BCUT2D eigenvalue weighted by molar-refractivity contribution is -0.0596. The van der Waals surface area contributed by atoms with E-state index in [2.05, 4.69) is 15.0 Å². The van der Waals surface area contributed by atoms with Gasteiger partial charge in [-0.3, -0.25) is 4.57 Å². The number of ether oxygens (including phenoxy) is 1. The molecule has 0 saturated carbocycles. The van der Waals surface area contributed by atoms with Crippen LogP contribution in [0.5, 0.6) is 0 Å². The molecule has 4 rings (SSSR count). The van der Waals surface area contributed by atoms with Crippen molar-refractivity contribution in [3.05, 3.63) is 6.33 Å². The fourth-order valence-electron chi connectivity index (χ4n) is 2.78. The first-order valence-corrected chi connectivity index (χ1v) is 8.33. The highest BCUT2D eigenvalue weighted by Gasteiger charge is 2.57. The van der Waals surface area contributed by atoms with Gasteiger partial charge in [-0.15, -0.1) is 0 Å². The fourth-order valence-corrected chi connectivity index (χ4v) is 3.81. The number of nitrogen functional groups attached to an aromatic ring is 2. The minimum atomic E-state index is -3.46. The van der Waals surface area contributed by atoms with Crippen LogP contribution in [0.1, 0.15) is 6.23 Å². The number of imidazole rings is 1. The summed E-state index contributed by atoms with van der Waals surface area (Å²) in [5.74, 6) is 0.209. The lowest BCUT2D eigenvalue weighted by Crippen LogP contribution is -2.40. The molecule has 120 valence electrons. The number of aliphatic hydroxyl groups is 1. The number of hydrogen-bond donors (Lipinski definition) is 4.